The van der Waals surface area contributed by atoms with Gasteiger partial charge in [0.15, 0.2) is 11.4 Å². The summed E-state index contributed by atoms with van der Waals surface area (Å²) in [6.07, 6.45) is 1.69. The highest BCUT2D eigenvalue weighted by Gasteiger charge is 2.36. The van der Waals surface area contributed by atoms with Gasteiger partial charge < -0.3 is 14.9 Å². The van der Waals surface area contributed by atoms with Gasteiger partial charge in [-0.15, -0.1) is 0 Å². The summed E-state index contributed by atoms with van der Waals surface area (Å²) in [5.41, 5.74) is -0.103. The Morgan fingerprint density at radius 1 is 1.42 bits per heavy atom. The van der Waals surface area contributed by atoms with E-state index in [1.807, 2.05) is 0 Å². The molecular formula is C16H17FN4O3. The van der Waals surface area contributed by atoms with Crippen LogP contribution in [0.3, 0.4) is 0 Å². The predicted octanol–water partition coefficient (Wildman–Crippen LogP) is 1.02. The van der Waals surface area contributed by atoms with E-state index in [1.54, 1.807) is 18.0 Å². The number of para-hydroxylation sites is 1. The van der Waals surface area contributed by atoms with Gasteiger partial charge in [0.05, 0.1) is 6.20 Å². The van der Waals surface area contributed by atoms with Gasteiger partial charge in [-0.25, -0.2) is 9.07 Å². The maximum Gasteiger partial charge on any atom is 0.278 e. The lowest BCUT2D eigenvalue weighted by molar-refractivity contribution is -0.130. The Balaban J connectivity index is 1.89. The second kappa shape index (κ2) is 5.95. The molecule has 1 aliphatic rings. The third-order valence-corrected chi connectivity index (χ3v) is 4.18. The van der Waals surface area contributed by atoms with Crippen molar-refractivity contribution in [3.05, 3.63) is 42.0 Å². The number of halogens is 1. The highest BCUT2D eigenvalue weighted by molar-refractivity contribution is 5.98. The van der Waals surface area contributed by atoms with Gasteiger partial charge in [-0.3, -0.25) is 9.59 Å². The Hall–Kier alpha value is -2.90. The van der Waals surface area contributed by atoms with E-state index in [2.05, 4.69) is 5.10 Å². The summed E-state index contributed by atoms with van der Waals surface area (Å²) in [6, 6.07) is 5.31. The third-order valence-electron chi connectivity index (χ3n) is 4.18. The molecule has 2 heterocycles. The van der Waals surface area contributed by atoms with Gasteiger partial charge in [-0.2, -0.15) is 5.10 Å². The number of hydrogen-bond donors (Lipinski definition) is 1. The van der Waals surface area contributed by atoms with Crippen molar-refractivity contribution in [3.8, 4) is 11.4 Å². The van der Waals surface area contributed by atoms with Crippen LogP contribution in [0, 0.1) is 5.82 Å². The van der Waals surface area contributed by atoms with Crippen molar-refractivity contribution in [2.24, 2.45) is 0 Å². The topological polar surface area (TPSA) is 78.7 Å². The molecule has 8 heteroatoms. The molecule has 0 saturated carbocycles. The Morgan fingerprint density at radius 3 is 2.75 bits per heavy atom. The molecule has 1 atom stereocenters. The SMILES string of the molecule is CN1CCC(N(C)C(=O)c2nn(-c3ccccc3F)cc2O)C1=O. The van der Waals surface area contributed by atoms with E-state index in [0.717, 1.165) is 4.68 Å². The van der Waals surface area contributed by atoms with Crippen LogP contribution in [0.25, 0.3) is 5.69 Å². The van der Waals surface area contributed by atoms with E-state index in [0.29, 0.717) is 13.0 Å². The number of rotatable bonds is 3. The van der Waals surface area contributed by atoms with Gasteiger partial charge in [0, 0.05) is 20.6 Å². The summed E-state index contributed by atoms with van der Waals surface area (Å²) < 4.78 is 14.9. The van der Waals surface area contributed by atoms with Gasteiger partial charge in [-0.1, -0.05) is 12.1 Å². The van der Waals surface area contributed by atoms with Gasteiger partial charge in [0.2, 0.25) is 5.91 Å². The number of amides is 2. The van der Waals surface area contributed by atoms with Gasteiger partial charge in [0.25, 0.3) is 5.91 Å². The Morgan fingerprint density at radius 2 is 2.12 bits per heavy atom. The minimum absolute atomic E-state index is 0.117. The number of aromatic nitrogens is 2. The van der Waals surface area contributed by atoms with Crippen molar-refractivity contribution in [2.45, 2.75) is 12.5 Å². The highest BCUT2D eigenvalue weighted by Crippen LogP contribution is 2.23. The van der Waals surface area contributed by atoms with Gasteiger partial charge in [-0.05, 0) is 18.6 Å². The maximum atomic E-state index is 13.8. The predicted molar refractivity (Wildman–Crippen MR) is 83.3 cm³/mol. The first-order chi connectivity index (χ1) is 11.4. The average molecular weight is 332 g/mol. The number of likely N-dealkylation sites (tertiary alicyclic amines) is 1. The fourth-order valence-electron chi connectivity index (χ4n) is 2.75. The molecule has 1 aromatic carbocycles. The zero-order valence-corrected chi connectivity index (χ0v) is 13.3. The van der Waals surface area contributed by atoms with Gasteiger partial charge in [0.1, 0.15) is 17.5 Å². The summed E-state index contributed by atoms with van der Waals surface area (Å²) in [7, 11) is 3.16. The van der Waals surface area contributed by atoms with Crippen molar-refractivity contribution in [1.29, 1.82) is 0 Å². The molecule has 1 saturated heterocycles. The number of likely N-dealkylation sites (N-methyl/N-ethyl adjacent to an activating group) is 2. The lowest BCUT2D eigenvalue weighted by atomic mass is 10.2. The lowest BCUT2D eigenvalue weighted by Crippen LogP contribution is -2.42. The zero-order chi connectivity index (χ0) is 17.4. The molecule has 24 heavy (non-hydrogen) atoms. The minimum Gasteiger partial charge on any atom is -0.504 e. The normalized spacial score (nSPS) is 17.4. The van der Waals surface area contributed by atoms with E-state index >= 15 is 0 Å². The summed E-state index contributed by atoms with van der Waals surface area (Å²) in [5.74, 6) is -1.64. The zero-order valence-electron chi connectivity index (χ0n) is 13.3. The second-order valence-corrected chi connectivity index (χ2v) is 5.74. The van der Waals surface area contributed by atoms with Crippen LogP contribution in [-0.4, -0.2) is 63.2 Å². The average Bonchev–Trinajstić information content (AvgIpc) is 3.10. The third kappa shape index (κ3) is 2.60. The van der Waals surface area contributed by atoms with Crippen LogP contribution in [-0.2, 0) is 4.79 Å². The molecule has 1 aliphatic heterocycles. The quantitative estimate of drug-likeness (QED) is 0.910. The number of aromatic hydroxyl groups is 1. The van der Waals surface area contributed by atoms with Crippen molar-refractivity contribution >= 4 is 11.8 Å². The molecule has 1 N–H and O–H groups in total. The first-order valence-electron chi connectivity index (χ1n) is 7.46. The molecule has 0 radical (unpaired) electrons. The molecule has 1 fully saturated rings. The fraction of sp³-hybridized carbons (Fsp3) is 0.312. The molecule has 2 aromatic rings. The summed E-state index contributed by atoms with van der Waals surface area (Å²) >= 11 is 0. The molecular weight excluding hydrogens is 315 g/mol. The van der Waals surface area contributed by atoms with Gasteiger partial charge >= 0.3 is 0 Å². The van der Waals surface area contributed by atoms with E-state index in [4.69, 9.17) is 0 Å². The smallest absolute Gasteiger partial charge is 0.278 e. The largest absolute Gasteiger partial charge is 0.504 e. The standard InChI is InChI=1S/C16H17FN4O3/c1-19-8-7-12(15(19)23)20(2)16(24)14-13(22)9-21(18-14)11-6-4-3-5-10(11)17/h3-6,9,12,22H,7-8H2,1-2H3. The van der Waals surface area contributed by atoms with Crippen molar-refractivity contribution in [1.82, 2.24) is 19.6 Å². The first-order valence-corrected chi connectivity index (χ1v) is 7.46. The van der Waals surface area contributed by atoms with Crippen LogP contribution in [0.5, 0.6) is 5.75 Å². The van der Waals surface area contributed by atoms with Crippen LogP contribution in [0.15, 0.2) is 30.5 Å². The molecule has 1 aromatic heterocycles. The molecule has 3 rings (SSSR count). The van der Waals surface area contributed by atoms with Crippen LogP contribution in [0.4, 0.5) is 4.39 Å². The second-order valence-electron chi connectivity index (χ2n) is 5.74. The molecule has 0 aliphatic carbocycles. The monoisotopic (exact) mass is 332 g/mol. The van der Waals surface area contributed by atoms with Crippen LogP contribution in [0.1, 0.15) is 16.9 Å². The molecule has 126 valence electrons. The number of hydrogen-bond acceptors (Lipinski definition) is 4. The van der Waals surface area contributed by atoms with E-state index in [-0.39, 0.29) is 23.0 Å². The van der Waals surface area contributed by atoms with E-state index in [9.17, 15) is 19.1 Å². The fourth-order valence-corrected chi connectivity index (χ4v) is 2.75. The lowest BCUT2D eigenvalue weighted by Gasteiger charge is -2.22. The molecule has 0 spiro atoms. The molecule has 0 bridgehead atoms. The van der Waals surface area contributed by atoms with E-state index in [1.165, 1.54) is 36.3 Å². The Labute approximate surface area is 137 Å². The molecule has 2 amide bonds. The maximum absolute atomic E-state index is 13.8. The van der Waals surface area contributed by atoms with Crippen LogP contribution in [0.2, 0.25) is 0 Å². The molecule has 7 nitrogen and oxygen atoms in total. The van der Waals surface area contributed by atoms with Crippen molar-refractivity contribution in [2.75, 3.05) is 20.6 Å². The minimum atomic E-state index is -0.587. The summed E-state index contributed by atoms with van der Waals surface area (Å²) in [6.45, 7) is 0.566. The summed E-state index contributed by atoms with van der Waals surface area (Å²) in [5, 5.41) is 14.0. The highest BCUT2D eigenvalue weighted by atomic mass is 19.1. The van der Waals surface area contributed by atoms with Crippen molar-refractivity contribution in [3.63, 3.8) is 0 Å². The summed E-state index contributed by atoms with van der Waals surface area (Å²) in [4.78, 5) is 27.4. The number of nitrogens with zero attached hydrogens (tertiary/aromatic N) is 4. The number of carbonyl (C=O) groups excluding carboxylic acids is 2. The first kappa shape index (κ1) is 16.0. The Bertz CT molecular complexity index is 804. The van der Waals surface area contributed by atoms with Crippen molar-refractivity contribution < 1.29 is 19.1 Å². The van der Waals surface area contributed by atoms with Crippen LogP contribution >= 0.6 is 0 Å². The number of carbonyl (C=O) groups is 2. The number of benzene rings is 1. The van der Waals surface area contributed by atoms with E-state index < -0.39 is 17.8 Å². The Kier molecular flexibility index (Phi) is 3.96. The molecule has 1 unspecified atom stereocenters. The van der Waals surface area contributed by atoms with Crippen LogP contribution < -0.4 is 0 Å².